The monoisotopic (exact) mass is 402 g/mol. The van der Waals surface area contributed by atoms with Crippen molar-refractivity contribution in [1.82, 2.24) is 19.7 Å². The molecule has 6 nitrogen and oxygen atoms in total. The highest BCUT2D eigenvalue weighted by molar-refractivity contribution is 7.71. The van der Waals surface area contributed by atoms with Crippen LogP contribution in [0.25, 0.3) is 10.7 Å². The van der Waals surface area contributed by atoms with Crippen LogP contribution in [0.5, 0.6) is 11.5 Å². The van der Waals surface area contributed by atoms with Crippen molar-refractivity contribution < 1.29 is 9.47 Å². The van der Waals surface area contributed by atoms with E-state index in [0.717, 1.165) is 41.6 Å². The van der Waals surface area contributed by atoms with Gasteiger partial charge in [0.1, 0.15) is 11.5 Å². The molecule has 8 heteroatoms. The molecule has 1 N–H and O–H groups in total. The first-order chi connectivity index (χ1) is 13.2. The summed E-state index contributed by atoms with van der Waals surface area (Å²) in [6.45, 7) is 1.69. The average Bonchev–Trinajstić information content (AvgIpc) is 3.43. The molecule has 4 rings (SSSR count). The number of likely N-dealkylation sites (tertiary alicyclic amines) is 1. The second kappa shape index (κ2) is 7.84. The quantitative estimate of drug-likeness (QED) is 0.616. The number of rotatable bonds is 6. The second-order valence-corrected chi connectivity index (χ2v) is 7.79. The molecule has 27 heavy (non-hydrogen) atoms. The van der Waals surface area contributed by atoms with Gasteiger partial charge in [-0.15, -0.1) is 11.3 Å². The Morgan fingerprint density at radius 2 is 2.19 bits per heavy atom. The van der Waals surface area contributed by atoms with E-state index in [1.165, 1.54) is 5.56 Å². The largest absolute Gasteiger partial charge is 0.497 e. The molecular weight excluding hydrogens is 380 g/mol. The summed E-state index contributed by atoms with van der Waals surface area (Å²) < 4.78 is 13.5. The van der Waals surface area contributed by atoms with Gasteiger partial charge < -0.3 is 9.47 Å². The van der Waals surface area contributed by atoms with Gasteiger partial charge in [0.2, 0.25) is 4.77 Å². The number of ether oxygens (including phenoxy) is 2. The molecule has 1 atom stereocenters. The number of hydrogen-bond donors (Lipinski definition) is 1. The van der Waals surface area contributed by atoms with Crippen LogP contribution in [0.15, 0.2) is 35.7 Å². The van der Waals surface area contributed by atoms with Crippen molar-refractivity contribution in [2.24, 2.45) is 0 Å². The van der Waals surface area contributed by atoms with Crippen LogP contribution < -0.4 is 9.47 Å². The summed E-state index contributed by atoms with van der Waals surface area (Å²) in [7, 11) is 3.37. The number of benzene rings is 1. The normalized spacial score (nSPS) is 17.3. The summed E-state index contributed by atoms with van der Waals surface area (Å²) in [6, 6.07) is 10.4. The van der Waals surface area contributed by atoms with Crippen LogP contribution in [-0.2, 0) is 6.67 Å². The van der Waals surface area contributed by atoms with Crippen molar-refractivity contribution in [2.75, 3.05) is 20.8 Å². The van der Waals surface area contributed by atoms with Crippen molar-refractivity contribution in [2.45, 2.75) is 25.6 Å². The molecule has 3 aromatic rings. The second-order valence-electron chi connectivity index (χ2n) is 6.48. The Bertz CT molecular complexity index is 965. The number of nitrogens with one attached hydrogen (secondary N) is 1. The molecule has 1 saturated heterocycles. The van der Waals surface area contributed by atoms with Crippen LogP contribution in [0.3, 0.4) is 0 Å². The van der Waals surface area contributed by atoms with Gasteiger partial charge in [-0.05, 0) is 42.6 Å². The zero-order chi connectivity index (χ0) is 18.8. The van der Waals surface area contributed by atoms with Crippen LogP contribution in [-0.4, -0.2) is 40.4 Å². The number of H-pyrrole nitrogens is 1. The molecule has 1 unspecified atom stereocenters. The zero-order valence-corrected chi connectivity index (χ0v) is 17.0. The lowest BCUT2D eigenvalue weighted by molar-refractivity contribution is 0.187. The summed E-state index contributed by atoms with van der Waals surface area (Å²) in [4.78, 5) is 8.02. The van der Waals surface area contributed by atoms with Crippen molar-refractivity contribution in [3.8, 4) is 22.2 Å². The van der Waals surface area contributed by atoms with Gasteiger partial charge in [0.25, 0.3) is 0 Å². The van der Waals surface area contributed by atoms with Gasteiger partial charge in [0.15, 0.2) is 5.82 Å². The van der Waals surface area contributed by atoms with E-state index in [1.54, 1.807) is 25.6 Å². The minimum Gasteiger partial charge on any atom is -0.497 e. The Balaban J connectivity index is 1.59. The van der Waals surface area contributed by atoms with Crippen molar-refractivity contribution in [3.63, 3.8) is 0 Å². The lowest BCUT2D eigenvalue weighted by atomic mass is 10.0. The molecule has 0 spiro atoms. The molecule has 0 aliphatic carbocycles. The molecule has 0 radical (unpaired) electrons. The average molecular weight is 403 g/mol. The van der Waals surface area contributed by atoms with Gasteiger partial charge in [-0.1, -0.05) is 12.1 Å². The molecule has 1 aliphatic rings. The maximum absolute atomic E-state index is 5.62. The Labute approximate surface area is 167 Å². The Morgan fingerprint density at radius 1 is 1.30 bits per heavy atom. The highest BCUT2D eigenvalue weighted by Crippen LogP contribution is 2.38. The third kappa shape index (κ3) is 3.65. The summed E-state index contributed by atoms with van der Waals surface area (Å²) in [5, 5.41) is 5.39. The Kier molecular flexibility index (Phi) is 5.29. The van der Waals surface area contributed by atoms with E-state index in [9.17, 15) is 0 Å². The minimum absolute atomic E-state index is 0.279. The summed E-state index contributed by atoms with van der Waals surface area (Å²) >= 11 is 7.13. The highest BCUT2D eigenvalue weighted by atomic mass is 32.1. The summed E-state index contributed by atoms with van der Waals surface area (Å²) in [5.74, 6) is 2.49. The number of nitrogens with zero attached hydrogens (tertiary/aromatic N) is 3. The van der Waals surface area contributed by atoms with Crippen molar-refractivity contribution in [3.05, 3.63) is 46.0 Å². The number of aromatic nitrogens is 3. The van der Waals surface area contributed by atoms with Crippen LogP contribution in [0.1, 0.15) is 24.4 Å². The smallest absolute Gasteiger partial charge is 0.217 e. The first-order valence-corrected chi connectivity index (χ1v) is 10.1. The number of hydrogen-bond acceptors (Lipinski definition) is 6. The maximum atomic E-state index is 5.62. The standard InChI is InChI=1S/C19H22N4O2S2/c1-24-13-7-8-14(16(11-13)25-2)15-5-3-9-22(15)12-23-19(26)20-18(21-23)17-6-4-10-27-17/h4,6-8,10-11,15H,3,5,9,12H2,1-2H3,(H,20,21,26). The van der Waals surface area contributed by atoms with Gasteiger partial charge in [-0.3, -0.25) is 10.00 Å². The van der Waals surface area contributed by atoms with Crippen molar-refractivity contribution >= 4 is 23.6 Å². The Hall–Kier alpha value is -2.16. The number of aromatic amines is 1. The molecule has 0 amide bonds. The minimum atomic E-state index is 0.279. The fourth-order valence-electron chi connectivity index (χ4n) is 3.60. The molecule has 1 fully saturated rings. The number of methoxy groups -OCH3 is 2. The lowest BCUT2D eigenvalue weighted by Gasteiger charge is -2.26. The highest BCUT2D eigenvalue weighted by Gasteiger charge is 2.29. The van der Waals surface area contributed by atoms with E-state index in [2.05, 4.69) is 21.0 Å². The first-order valence-electron chi connectivity index (χ1n) is 8.86. The third-order valence-electron chi connectivity index (χ3n) is 4.92. The SMILES string of the molecule is COc1ccc(C2CCCN2Cn2[nH]c(-c3cccs3)nc2=S)c(OC)c1. The van der Waals surface area contributed by atoms with Crippen LogP contribution in [0, 0.1) is 4.77 Å². The van der Waals surface area contributed by atoms with E-state index in [4.69, 9.17) is 21.7 Å². The Morgan fingerprint density at radius 3 is 2.93 bits per heavy atom. The lowest BCUT2D eigenvalue weighted by Crippen LogP contribution is -2.27. The molecule has 0 bridgehead atoms. The van der Waals surface area contributed by atoms with E-state index >= 15 is 0 Å². The molecule has 0 saturated carbocycles. The fraction of sp³-hybridized carbons (Fsp3) is 0.368. The van der Waals surface area contributed by atoms with E-state index in [0.29, 0.717) is 11.4 Å². The zero-order valence-electron chi connectivity index (χ0n) is 15.3. The number of thiophene rings is 1. The van der Waals surface area contributed by atoms with Gasteiger partial charge in [0, 0.05) is 24.2 Å². The van der Waals surface area contributed by atoms with E-state index in [1.807, 2.05) is 34.3 Å². The molecule has 1 aromatic carbocycles. The van der Waals surface area contributed by atoms with E-state index in [-0.39, 0.29) is 6.04 Å². The maximum Gasteiger partial charge on any atom is 0.217 e. The van der Waals surface area contributed by atoms with Crippen LogP contribution >= 0.6 is 23.6 Å². The predicted octanol–water partition coefficient (Wildman–Crippen LogP) is 4.48. The molecule has 142 valence electrons. The predicted molar refractivity (Wildman–Crippen MR) is 109 cm³/mol. The molecular formula is C19H22N4O2S2. The van der Waals surface area contributed by atoms with Crippen LogP contribution in [0.2, 0.25) is 0 Å². The molecule has 1 aliphatic heterocycles. The van der Waals surface area contributed by atoms with Crippen molar-refractivity contribution in [1.29, 1.82) is 0 Å². The topological polar surface area (TPSA) is 55.3 Å². The summed E-state index contributed by atoms with van der Waals surface area (Å²) in [5.41, 5.74) is 1.18. The van der Waals surface area contributed by atoms with Gasteiger partial charge in [-0.2, -0.15) is 4.98 Å². The molecule has 2 aromatic heterocycles. The van der Waals surface area contributed by atoms with Gasteiger partial charge >= 0.3 is 0 Å². The van der Waals surface area contributed by atoms with E-state index < -0.39 is 0 Å². The summed E-state index contributed by atoms with van der Waals surface area (Å²) in [6.07, 6.45) is 2.22. The van der Waals surface area contributed by atoms with Gasteiger partial charge in [-0.25, -0.2) is 4.68 Å². The van der Waals surface area contributed by atoms with Gasteiger partial charge in [0.05, 0.1) is 25.8 Å². The molecule has 3 heterocycles. The first kappa shape index (κ1) is 18.2. The third-order valence-corrected chi connectivity index (χ3v) is 6.11. The van der Waals surface area contributed by atoms with Crippen LogP contribution in [0.4, 0.5) is 0 Å². The fourth-order valence-corrected chi connectivity index (χ4v) is 4.46.